The van der Waals surface area contributed by atoms with Gasteiger partial charge in [0.25, 0.3) is 0 Å². The zero-order chi connectivity index (χ0) is 16.5. The summed E-state index contributed by atoms with van der Waals surface area (Å²) in [6.07, 6.45) is 5.26. The molecule has 1 heterocycles. The zero-order valence-corrected chi connectivity index (χ0v) is 15.3. The predicted molar refractivity (Wildman–Crippen MR) is 102 cm³/mol. The highest BCUT2D eigenvalue weighted by Gasteiger charge is 2.36. The molecule has 24 heavy (non-hydrogen) atoms. The maximum atomic E-state index is 6.28. The van der Waals surface area contributed by atoms with Crippen LogP contribution in [0.25, 0.3) is 0 Å². The molecule has 2 aliphatic rings. The second-order valence-electron chi connectivity index (χ2n) is 7.24. The number of hydrogen-bond donors (Lipinski definition) is 0. The molecule has 2 aromatic rings. The van der Waals surface area contributed by atoms with E-state index in [9.17, 15) is 0 Å². The molecule has 126 valence electrons. The van der Waals surface area contributed by atoms with Crippen molar-refractivity contribution in [2.24, 2.45) is 5.92 Å². The quantitative estimate of drug-likeness (QED) is 0.616. The van der Waals surface area contributed by atoms with Gasteiger partial charge in [-0.05, 0) is 73.5 Å². The first-order chi connectivity index (χ1) is 11.7. The molecular weight excluding hydrogens is 337 g/mol. The molecule has 3 heteroatoms. The standard InChI is InChI=1S/C21H23Cl2N/c22-18-10-8-16(9-11-18)21-20(17-3-1-4-19(23)13-17)5-2-12-24(21)14-15-6-7-15/h1,3-4,8-11,13,15,20-21H,2,5-7,12,14H2/t20-,21-/m1/s1. The van der Waals surface area contributed by atoms with Crippen LogP contribution in [-0.4, -0.2) is 18.0 Å². The number of likely N-dealkylation sites (tertiary alicyclic amines) is 1. The molecule has 1 saturated heterocycles. The lowest BCUT2D eigenvalue weighted by Crippen LogP contribution is -2.39. The van der Waals surface area contributed by atoms with Crippen LogP contribution in [0, 0.1) is 5.92 Å². The van der Waals surface area contributed by atoms with Crippen molar-refractivity contribution in [1.82, 2.24) is 4.90 Å². The number of rotatable bonds is 4. The van der Waals surface area contributed by atoms with Crippen LogP contribution in [0.15, 0.2) is 48.5 Å². The maximum Gasteiger partial charge on any atom is 0.0416 e. The van der Waals surface area contributed by atoms with Crippen molar-refractivity contribution in [3.05, 3.63) is 69.7 Å². The molecule has 1 nitrogen and oxygen atoms in total. The molecule has 1 saturated carbocycles. The molecule has 0 N–H and O–H groups in total. The average Bonchev–Trinajstić information content (AvgIpc) is 3.40. The highest BCUT2D eigenvalue weighted by Crippen LogP contribution is 2.45. The average molecular weight is 360 g/mol. The van der Waals surface area contributed by atoms with Crippen LogP contribution < -0.4 is 0 Å². The van der Waals surface area contributed by atoms with Crippen molar-refractivity contribution in [2.75, 3.05) is 13.1 Å². The smallest absolute Gasteiger partial charge is 0.0416 e. The fraction of sp³-hybridized carbons (Fsp3) is 0.429. The third-order valence-corrected chi connectivity index (χ3v) is 5.90. The van der Waals surface area contributed by atoms with Gasteiger partial charge >= 0.3 is 0 Å². The molecule has 2 fully saturated rings. The van der Waals surface area contributed by atoms with E-state index in [0.29, 0.717) is 12.0 Å². The second-order valence-corrected chi connectivity index (χ2v) is 8.11. The summed E-state index contributed by atoms with van der Waals surface area (Å²) in [5, 5.41) is 1.64. The van der Waals surface area contributed by atoms with Gasteiger partial charge in [0.1, 0.15) is 0 Å². The Bertz CT molecular complexity index is 693. The Labute approximate surface area is 154 Å². The minimum absolute atomic E-state index is 0.426. The summed E-state index contributed by atoms with van der Waals surface area (Å²) in [7, 11) is 0. The van der Waals surface area contributed by atoms with Crippen LogP contribution in [0.2, 0.25) is 10.0 Å². The molecule has 0 amide bonds. The van der Waals surface area contributed by atoms with E-state index in [1.807, 2.05) is 18.2 Å². The van der Waals surface area contributed by atoms with Crippen LogP contribution in [0.4, 0.5) is 0 Å². The van der Waals surface area contributed by atoms with Gasteiger partial charge in [-0.1, -0.05) is 47.5 Å². The van der Waals surface area contributed by atoms with E-state index in [1.54, 1.807) is 0 Å². The monoisotopic (exact) mass is 359 g/mol. The molecule has 4 rings (SSSR count). The van der Waals surface area contributed by atoms with E-state index in [2.05, 4.69) is 35.2 Å². The van der Waals surface area contributed by atoms with Gasteiger partial charge in [0.05, 0.1) is 0 Å². The first kappa shape index (κ1) is 16.4. The number of hydrogen-bond acceptors (Lipinski definition) is 1. The summed E-state index contributed by atoms with van der Waals surface area (Å²) in [6.45, 7) is 2.42. The van der Waals surface area contributed by atoms with Gasteiger partial charge in [0, 0.05) is 28.5 Å². The van der Waals surface area contributed by atoms with E-state index in [-0.39, 0.29) is 0 Å². The fourth-order valence-electron chi connectivity index (χ4n) is 4.09. The normalized spacial score (nSPS) is 24.9. The minimum atomic E-state index is 0.426. The van der Waals surface area contributed by atoms with Gasteiger partial charge in [0.2, 0.25) is 0 Å². The summed E-state index contributed by atoms with van der Waals surface area (Å²) in [4.78, 5) is 2.70. The molecule has 0 radical (unpaired) electrons. The number of piperidine rings is 1. The first-order valence-corrected chi connectivity index (χ1v) is 9.71. The van der Waals surface area contributed by atoms with Gasteiger partial charge in [-0.3, -0.25) is 4.90 Å². The van der Waals surface area contributed by atoms with Gasteiger partial charge in [0.15, 0.2) is 0 Å². The lowest BCUT2D eigenvalue weighted by Gasteiger charge is -2.42. The Morgan fingerprint density at radius 1 is 0.875 bits per heavy atom. The largest absolute Gasteiger partial charge is 0.295 e. The SMILES string of the molecule is Clc1ccc([C@@H]2[C@@H](c3cccc(Cl)c3)CCCN2CC2CC2)cc1. The molecule has 0 bridgehead atoms. The number of halogens is 2. The van der Waals surface area contributed by atoms with Crippen LogP contribution in [0.1, 0.15) is 48.8 Å². The lowest BCUT2D eigenvalue weighted by atomic mass is 9.80. The highest BCUT2D eigenvalue weighted by atomic mass is 35.5. The van der Waals surface area contributed by atoms with E-state index >= 15 is 0 Å². The molecule has 2 atom stereocenters. The van der Waals surface area contributed by atoms with Crippen molar-refractivity contribution < 1.29 is 0 Å². The summed E-state index contributed by atoms with van der Waals surface area (Å²) in [5.41, 5.74) is 2.74. The Morgan fingerprint density at radius 3 is 2.38 bits per heavy atom. The third kappa shape index (κ3) is 3.64. The van der Waals surface area contributed by atoms with Crippen LogP contribution in [0.3, 0.4) is 0 Å². The lowest BCUT2D eigenvalue weighted by molar-refractivity contribution is 0.120. The topological polar surface area (TPSA) is 3.24 Å². The molecule has 1 aliphatic carbocycles. The van der Waals surface area contributed by atoms with Crippen LogP contribution in [-0.2, 0) is 0 Å². The summed E-state index contributed by atoms with van der Waals surface area (Å²) in [5.74, 6) is 1.40. The van der Waals surface area contributed by atoms with Crippen molar-refractivity contribution in [3.8, 4) is 0 Å². The van der Waals surface area contributed by atoms with Gasteiger partial charge < -0.3 is 0 Å². The van der Waals surface area contributed by atoms with Gasteiger partial charge in [-0.25, -0.2) is 0 Å². The molecule has 0 aromatic heterocycles. The third-order valence-electron chi connectivity index (χ3n) is 5.41. The molecule has 1 aliphatic heterocycles. The van der Waals surface area contributed by atoms with E-state index in [0.717, 1.165) is 16.0 Å². The Kier molecular flexibility index (Phi) is 4.85. The van der Waals surface area contributed by atoms with Crippen molar-refractivity contribution in [1.29, 1.82) is 0 Å². The van der Waals surface area contributed by atoms with Crippen molar-refractivity contribution in [3.63, 3.8) is 0 Å². The Morgan fingerprint density at radius 2 is 1.67 bits per heavy atom. The predicted octanol–water partition coefficient (Wildman–Crippen LogP) is 6.32. The first-order valence-electron chi connectivity index (χ1n) is 8.96. The molecular formula is C21H23Cl2N. The maximum absolute atomic E-state index is 6.28. The Hall–Kier alpha value is -1.02. The molecule has 2 aromatic carbocycles. The summed E-state index contributed by atoms with van der Waals surface area (Å²) >= 11 is 12.4. The fourth-order valence-corrected chi connectivity index (χ4v) is 4.42. The van der Waals surface area contributed by atoms with E-state index in [4.69, 9.17) is 23.2 Å². The van der Waals surface area contributed by atoms with E-state index in [1.165, 1.54) is 49.9 Å². The number of nitrogens with zero attached hydrogens (tertiary/aromatic N) is 1. The van der Waals surface area contributed by atoms with Gasteiger partial charge in [-0.15, -0.1) is 0 Å². The van der Waals surface area contributed by atoms with Gasteiger partial charge in [-0.2, -0.15) is 0 Å². The molecule has 0 unspecified atom stereocenters. The number of benzene rings is 2. The van der Waals surface area contributed by atoms with Crippen molar-refractivity contribution >= 4 is 23.2 Å². The van der Waals surface area contributed by atoms with Crippen molar-refractivity contribution in [2.45, 2.75) is 37.6 Å². The second kappa shape index (κ2) is 7.07. The summed E-state index contributed by atoms with van der Waals surface area (Å²) < 4.78 is 0. The summed E-state index contributed by atoms with van der Waals surface area (Å²) in [6, 6.07) is 17.3. The zero-order valence-electron chi connectivity index (χ0n) is 13.8. The van der Waals surface area contributed by atoms with E-state index < -0.39 is 0 Å². The molecule has 0 spiro atoms. The highest BCUT2D eigenvalue weighted by molar-refractivity contribution is 6.30. The Balaban J connectivity index is 1.70. The van der Waals surface area contributed by atoms with Crippen LogP contribution >= 0.6 is 23.2 Å². The minimum Gasteiger partial charge on any atom is -0.295 e. The van der Waals surface area contributed by atoms with Crippen LogP contribution in [0.5, 0.6) is 0 Å².